The van der Waals surface area contributed by atoms with Crippen LogP contribution in [0.3, 0.4) is 0 Å². The van der Waals surface area contributed by atoms with E-state index in [-0.39, 0.29) is 6.04 Å². The highest BCUT2D eigenvalue weighted by atomic mass is 16.1. The molecule has 0 N–H and O–H groups in total. The first kappa shape index (κ1) is 14.3. The van der Waals surface area contributed by atoms with Gasteiger partial charge in [0.1, 0.15) is 0 Å². The highest BCUT2D eigenvalue weighted by Crippen LogP contribution is 2.22. The van der Waals surface area contributed by atoms with Gasteiger partial charge in [0.25, 0.3) is 0 Å². The van der Waals surface area contributed by atoms with Crippen LogP contribution in [0.1, 0.15) is 43.0 Å². The van der Waals surface area contributed by atoms with Crippen molar-refractivity contribution in [2.45, 2.75) is 38.6 Å². The minimum atomic E-state index is 0.0682. The van der Waals surface area contributed by atoms with Crippen molar-refractivity contribution < 1.29 is 4.79 Å². The van der Waals surface area contributed by atoms with Crippen LogP contribution < -0.4 is 0 Å². The van der Waals surface area contributed by atoms with E-state index in [9.17, 15) is 4.79 Å². The van der Waals surface area contributed by atoms with Gasteiger partial charge in [0.05, 0.1) is 6.04 Å². The highest BCUT2D eigenvalue weighted by Gasteiger charge is 2.28. The number of fused-ring (bicyclic) bond motifs is 1. The molecule has 0 spiro atoms. The SMILES string of the molecule is CCC[C@@H](C(=O)c1ccc2ccccc2c1)N1CCCC1. The summed E-state index contributed by atoms with van der Waals surface area (Å²) in [4.78, 5) is 15.3. The monoisotopic (exact) mass is 281 g/mol. The van der Waals surface area contributed by atoms with Gasteiger partial charge in [-0.2, -0.15) is 0 Å². The van der Waals surface area contributed by atoms with E-state index in [0.29, 0.717) is 5.78 Å². The fourth-order valence-electron chi connectivity index (χ4n) is 3.34. The van der Waals surface area contributed by atoms with Gasteiger partial charge in [0, 0.05) is 5.56 Å². The van der Waals surface area contributed by atoms with Gasteiger partial charge in [-0.05, 0) is 49.2 Å². The van der Waals surface area contributed by atoms with E-state index in [1.54, 1.807) is 0 Å². The topological polar surface area (TPSA) is 20.3 Å². The Morgan fingerprint density at radius 2 is 1.81 bits per heavy atom. The molecule has 0 aliphatic carbocycles. The molecule has 3 rings (SSSR count). The summed E-state index contributed by atoms with van der Waals surface area (Å²) < 4.78 is 0. The molecular formula is C19H23NO. The molecule has 1 atom stereocenters. The highest BCUT2D eigenvalue weighted by molar-refractivity contribution is 6.03. The lowest BCUT2D eigenvalue weighted by atomic mass is 9.97. The first-order chi connectivity index (χ1) is 10.3. The van der Waals surface area contributed by atoms with Crippen molar-refractivity contribution in [1.82, 2.24) is 4.90 Å². The van der Waals surface area contributed by atoms with E-state index in [4.69, 9.17) is 0 Å². The lowest BCUT2D eigenvalue weighted by Crippen LogP contribution is -2.39. The molecule has 21 heavy (non-hydrogen) atoms. The second kappa shape index (κ2) is 6.40. The number of Topliss-reactive ketones (excluding diaryl/α,β-unsaturated/α-hetero) is 1. The predicted octanol–water partition coefficient (Wildman–Crippen LogP) is 4.29. The molecule has 1 fully saturated rings. The number of ketones is 1. The predicted molar refractivity (Wildman–Crippen MR) is 87.8 cm³/mol. The summed E-state index contributed by atoms with van der Waals surface area (Å²) in [5, 5.41) is 2.35. The molecule has 1 aliphatic heterocycles. The minimum absolute atomic E-state index is 0.0682. The summed E-state index contributed by atoms with van der Waals surface area (Å²) in [7, 11) is 0. The van der Waals surface area contributed by atoms with E-state index in [0.717, 1.165) is 36.9 Å². The standard InChI is InChI=1S/C19H23NO/c1-2-7-18(20-12-5-6-13-20)19(21)17-11-10-15-8-3-4-9-16(15)14-17/h3-4,8-11,14,18H,2,5-7,12-13H2,1H3/t18-/m0/s1. The molecule has 2 aromatic rings. The van der Waals surface area contributed by atoms with Crippen molar-refractivity contribution in [1.29, 1.82) is 0 Å². The quantitative estimate of drug-likeness (QED) is 0.762. The summed E-state index contributed by atoms with van der Waals surface area (Å²) >= 11 is 0. The summed E-state index contributed by atoms with van der Waals surface area (Å²) in [6.07, 6.45) is 4.47. The molecular weight excluding hydrogens is 258 g/mol. The second-order valence-electron chi connectivity index (χ2n) is 5.97. The first-order valence-electron chi connectivity index (χ1n) is 8.06. The van der Waals surface area contributed by atoms with Gasteiger partial charge in [0.15, 0.2) is 5.78 Å². The molecule has 0 unspecified atom stereocenters. The molecule has 1 aliphatic rings. The fraction of sp³-hybridized carbons (Fsp3) is 0.421. The Hall–Kier alpha value is -1.67. The molecule has 2 heteroatoms. The summed E-state index contributed by atoms with van der Waals surface area (Å²) in [5.74, 6) is 0.296. The number of benzene rings is 2. The van der Waals surface area contributed by atoms with Gasteiger partial charge >= 0.3 is 0 Å². The molecule has 0 amide bonds. The van der Waals surface area contributed by atoms with Crippen LogP contribution in [0.5, 0.6) is 0 Å². The Balaban J connectivity index is 1.89. The van der Waals surface area contributed by atoms with Gasteiger partial charge in [0.2, 0.25) is 0 Å². The van der Waals surface area contributed by atoms with Gasteiger partial charge in [-0.3, -0.25) is 9.69 Å². The smallest absolute Gasteiger partial charge is 0.179 e. The zero-order valence-corrected chi connectivity index (χ0v) is 12.7. The van der Waals surface area contributed by atoms with Gasteiger partial charge in [-0.1, -0.05) is 49.7 Å². The maximum Gasteiger partial charge on any atom is 0.179 e. The van der Waals surface area contributed by atoms with E-state index >= 15 is 0 Å². The maximum absolute atomic E-state index is 12.9. The van der Waals surface area contributed by atoms with Crippen molar-refractivity contribution in [3.05, 3.63) is 48.0 Å². The van der Waals surface area contributed by atoms with Crippen LogP contribution in [0.4, 0.5) is 0 Å². The maximum atomic E-state index is 12.9. The van der Waals surface area contributed by atoms with E-state index < -0.39 is 0 Å². The lowest BCUT2D eigenvalue weighted by Gasteiger charge is -2.26. The lowest BCUT2D eigenvalue weighted by molar-refractivity contribution is 0.0837. The fourth-order valence-corrected chi connectivity index (χ4v) is 3.34. The number of likely N-dealkylation sites (tertiary alicyclic amines) is 1. The van der Waals surface area contributed by atoms with E-state index in [1.165, 1.54) is 18.2 Å². The Labute approximate surface area is 126 Å². The molecule has 110 valence electrons. The molecule has 0 bridgehead atoms. The van der Waals surface area contributed by atoms with Crippen molar-refractivity contribution >= 4 is 16.6 Å². The number of rotatable bonds is 5. The molecule has 0 saturated carbocycles. The van der Waals surface area contributed by atoms with Gasteiger partial charge in [-0.25, -0.2) is 0 Å². The molecule has 1 heterocycles. The Morgan fingerprint density at radius 1 is 1.10 bits per heavy atom. The largest absolute Gasteiger partial charge is 0.293 e. The Bertz CT molecular complexity index is 628. The molecule has 2 aromatic carbocycles. The average Bonchev–Trinajstić information content (AvgIpc) is 3.05. The van der Waals surface area contributed by atoms with Crippen LogP contribution in [0, 0.1) is 0 Å². The number of hydrogen-bond donors (Lipinski definition) is 0. The van der Waals surface area contributed by atoms with Crippen LogP contribution in [0.25, 0.3) is 10.8 Å². The third-order valence-electron chi connectivity index (χ3n) is 4.48. The van der Waals surface area contributed by atoms with Crippen molar-refractivity contribution in [2.24, 2.45) is 0 Å². The zero-order valence-electron chi connectivity index (χ0n) is 12.7. The average molecular weight is 281 g/mol. The van der Waals surface area contributed by atoms with Gasteiger partial charge < -0.3 is 0 Å². The van der Waals surface area contributed by atoms with Crippen LogP contribution in [-0.4, -0.2) is 29.8 Å². The Kier molecular flexibility index (Phi) is 4.35. The first-order valence-corrected chi connectivity index (χ1v) is 8.06. The zero-order chi connectivity index (χ0) is 14.7. The summed E-state index contributed by atoms with van der Waals surface area (Å²) in [6.45, 7) is 4.31. The second-order valence-corrected chi connectivity index (χ2v) is 5.97. The van der Waals surface area contributed by atoms with Crippen LogP contribution >= 0.6 is 0 Å². The minimum Gasteiger partial charge on any atom is -0.293 e. The third-order valence-corrected chi connectivity index (χ3v) is 4.48. The van der Waals surface area contributed by atoms with E-state index in [2.05, 4.69) is 36.1 Å². The third kappa shape index (κ3) is 3.01. The molecule has 0 aromatic heterocycles. The van der Waals surface area contributed by atoms with Crippen LogP contribution in [0.2, 0.25) is 0 Å². The number of carbonyl (C=O) groups excluding carboxylic acids is 1. The molecule has 0 radical (unpaired) electrons. The molecule has 2 nitrogen and oxygen atoms in total. The van der Waals surface area contributed by atoms with Crippen LogP contribution in [0.15, 0.2) is 42.5 Å². The number of hydrogen-bond acceptors (Lipinski definition) is 2. The van der Waals surface area contributed by atoms with Crippen molar-refractivity contribution in [3.63, 3.8) is 0 Å². The number of nitrogens with zero attached hydrogens (tertiary/aromatic N) is 1. The van der Waals surface area contributed by atoms with Crippen LogP contribution in [-0.2, 0) is 0 Å². The normalized spacial score (nSPS) is 17.2. The van der Waals surface area contributed by atoms with Crippen molar-refractivity contribution in [3.8, 4) is 0 Å². The Morgan fingerprint density at radius 3 is 2.52 bits per heavy atom. The molecule has 1 saturated heterocycles. The van der Waals surface area contributed by atoms with Crippen molar-refractivity contribution in [2.75, 3.05) is 13.1 Å². The number of carbonyl (C=O) groups is 1. The summed E-state index contributed by atoms with van der Waals surface area (Å²) in [5.41, 5.74) is 0.860. The summed E-state index contributed by atoms with van der Waals surface area (Å²) in [6, 6.07) is 14.4. The van der Waals surface area contributed by atoms with Gasteiger partial charge in [-0.15, -0.1) is 0 Å². The van der Waals surface area contributed by atoms with E-state index in [1.807, 2.05) is 18.2 Å².